The first kappa shape index (κ1) is 19.3. The van der Waals surface area contributed by atoms with Gasteiger partial charge in [-0.05, 0) is 47.2 Å². The van der Waals surface area contributed by atoms with Gasteiger partial charge < -0.3 is 10.1 Å². The molecule has 140 valence electrons. The Balaban J connectivity index is 1.67. The Morgan fingerprint density at radius 2 is 1.74 bits per heavy atom. The molecule has 27 heavy (non-hydrogen) atoms. The van der Waals surface area contributed by atoms with Crippen LogP contribution in [0.3, 0.4) is 0 Å². The van der Waals surface area contributed by atoms with Crippen LogP contribution in [0.5, 0.6) is 0 Å². The van der Waals surface area contributed by atoms with Gasteiger partial charge in [-0.1, -0.05) is 67.2 Å². The molecule has 3 rings (SSSR count). The quantitative estimate of drug-likeness (QED) is 0.536. The number of rotatable bonds is 6. The molecule has 0 saturated heterocycles. The average molecular weight is 382 g/mol. The molecule has 1 amide bonds. The number of hydrogen-bond donors (Lipinski definition) is 2. The molecule has 0 aliphatic heterocycles. The lowest BCUT2D eigenvalue weighted by Gasteiger charge is -2.17. The fourth-order valence-corrected chi connectivity index (χ4v) is 3.79. The lowest BCUT2D eigenvalue weighted by molar-refractivity contribution is 0.138. The number of thiocyanates is 1. The lowest BCUT2D eigenvalue weighted by Crippen LogP contribution is -2.38. The highest BCUT2D eigenvalue weighted by atomic mass is 32.1. The number of fused-ring (bicyclic) bond motifs is 3. The van der Waals surface area contributed by atoms with Gasteiger partial charge in [0.25, 0.3) is 6.54 Å². The Kier molecular flexibility index (Phi) is 6.41. The van der Waals surface area contributed by atoms with E-state index in [-0.39, 0.29) is 12.0 Å². The number of hydrogen-bond acceptors (Lipinski definition) is 3. The van der Waals surface area contributed by atoms with E-state index in [0.29, 0.717) is 19.1 Å². The average Bonchev–Trinajstić information content (AvgIpc) is 2.98. The predicted octanol–water partition coefficient (Wildman–Crippen LogP) is 5.16. The molecule has 4 nitrogen and oxygen atoms in total. The number of ether oxygens (including phenoxy) is 1. The van der Waals surface area contributed by atoms with Crippen LogP contribution in [0.25, 0.3) is 16.0 Å². The Bertz CT molecular complexity index is 824. The molecule has 2 aromatic rings. The standard InChI is InChI=1S/C22H24N2O2S/c1-15(2)11-16(12-23-14-27)24-22(25)26-13-21-19-9-5-3-7-17(19)18-8-4-6-10-20(18)21/h3-10,15-16,21H,11-13H2,1-2H3,(H,24,25)/p+1/t16-/m0/s1. The van der Waals surface area contributed by atoms with Gasteiger partial charge in [0.2, 0.25) is 0 Å². The second-order valence-electron chi connectivity index (χ2n) is 7.24. The van der Waals surface area contributed by atoms with Crippen molar-refractivity contribution in [2.45, 2.75) is 32.2 Å². The number of nitrogens with zero attached hydrogens (tertiary/aromatic N) is 1. The minimum Gasteiger partial charge on any atom is -0.449 e. The van der Waals surface area contributed by atoms with Crippen molar-refractivity contribution in [3.8, 4) is 16.5 Å². The van der Waals surface area contributed by atoms with E-state index in [0.717, 1.165) is 6.42 Å². The third-order valence-corrected chi connectivity index (χ3v) is 4.95. The minimum atomic E-state index is -0.406. The topological polar surface area (TPSA) is 42.7 Å². The van der Waals surface area contributed by atoms with Crippen molar-refractivity contribution in [2.75, 3.05) is 13.2 Å². The molecule has 0 bridgehead atoms. The zero-order valence-electron chi connectivity index (χ0n) is 15.7. The van der Waals surface area contributed by atoms with E-state index in [1.807, 2.05) is 24.3 Å². The second kappa shape index (κ2) is 8.96. The van der Waals surface area contributed by atoms with Crippen LogP contribution < -0.4 is 5.32 Å². The zero-order valence-corrected chi connectivity index (χ0v) is 16.6. The molecule has 0 heterocycles. The van der Waals surface area contributed by atoms with Gasteiger partial charge in [-0.25, -0.2) is 4.79 Å². The highest BCUT2D eigenvalue weighted by Gasteiger charge is 2.29. The van der Waals surface area contributed by atoms with Crippen LogP contribution in [0, 0.1) is 11.3 Å². The number of carbonyl (C=O) groups excluding carboxylic acids is 1. The number of alkyl carbamates (subject to hydrolysis) is 1. The van der Waals surface area contributed by atoms with Gasteiger partial charge >= 0.3 is 11.5 Å². The summed E-state index contributed by atoms with van der Waals surface area (Å²) in [6.45, 7) is 4.99. The van der Waals surface area contributed by atoms with E-state index in [1.54, 1.807) is 0 Å². The van der Waals surface area contributed by atoms with Crippen LogP contribution >= 0.6 is 12.6 Å². The summed E-state index contributed by atoms with van der Waals surface area (Å²) in [6.07, 6.45) is 0.417. The monoisotopic (exact) mass is 381 g/mol. The molecule has 0 spiro atoms. The summed E-state index contributed by atoms with van der Waals surface area (Å²) in [6, 6.07) is 16.5. The van der Waals surface area contributed by atoms with Gasteiger partial charge in [0.05, 0.1) is 0 Å². The SMILES string of the molecule is CC(C)C[C@@H](C[N+]#CS)NC(=O)OCC1c2ccccc2-c2ccccc21. The van der Waals surface area contributed by atoms with Crippen LogP contribution in [0.4, 0.5) is 4.79 Å². The van der Waals surface area contributed by atoms with E-state index in [9.17, 15) is 4.79 Å². The number of thiol groups is 1. The lowest BCUT2D eigenvalue weighted by atomic mass is 9.98. The summed E-state index contributed by atoms with van der Waals surface area (Å²) in [7, 11) is 0. The van der Waals surface area contributed by atoms with Crippen molar-refractivity contribution < 1.29 is 9.53 Å². The summed E-state index contributed by atoms with van der Waals surface area (Å²) >= 11 is 3.87. The smallest absolute Gasteiger partial charge is 0.407 e. The first-order valence-electron chi connectivity index (χ1n) is 9.27. The Labute approximate surface area is 166 Å². The van der Waals surface area contributed by atoms with Gasteiger partial charge in [-0.15, -0.1) is 0 Å². The van der Waals surface area contributed by atoms with Crippen molar-refractivity contribution in [1.29, 1.82) is 0 Å². The fourth-order valence-electron chi connectivity index (χ4n) is 3.71. The molecular formula is C22H25N2O2S+. The van der Waals surface area contributed by atoms with E-state index in [4.69, 9.17) is 4.74 Å². The minimum absolute atomic E-state index is 0.0653. The third kappa shape index (κ3) is 4.64. The fraction of sp³-hybridized carbons (Fsp3) is 0.364. The maximum Gasteiger partial charge on any atom is 0.407 e. The number of nitrogens with one attached hydrogen (secondary N) is 1. The molecule has 5 heteroatoms. The van der Waals surface area contributed by atoms with Gasteiger partial charge in [0.15, 0.2) is 0 Å². The summed E-state index contributed by atoms with van der Waals surface area (Å²) in [5.41, 5.74) is 4.86. The van der Waals surface area contributed by atoms with Gasteiger partial charge in [0, 0.05) is 5.92 Å². The summed E-state index contributed by atoms with van der Waals surface area (Å²) in [5, 5.41) is 5.40. The number of benzene rings is 2. The molecule has 0 saturated carbocycles. The van der Waals surface area contributed by atoms with Crippen LogP contribution in [0.1, 0.15) is 37.3 Å². The molecule has 1 aliphatic rings. The van der Waals surface area contributed by atoms with E-state index < -0.39 is 6.09 Å². The predicted molar refractivity (Wildman–Crippen MR) is 113 cm³/mol. The van der Waals surface area contributed by atoms with Crippen LogP contribution in [-0.4, -0.2) is 25.3 Å². The van der Waals surface area contributed by atoms with Crippen molar-refractivity contribution >= 4 is 18.7 Å². The van der Waals surface area contributed by atoms with Crippen molar-refractivity contribution in [1.82, 2.24) is 5.32 Å². The summed E-state index contributed by atoms with van der Waals surface area (Å²) in [4.78, 5) is 16.4. The normalized spacial score (nSPS) is 13.3. The van der Waals surface area contributed by atoms with Gasteiger partial charge in [0.1, 0.15) is 12.6 Å². The molecule has 0 aromatic heterocycles. The molecule has 1 atom stereocenters. The van der Waals surface area contributed by atoms with Crippen LogP contribution in [-0.2, 0) is 4.74 Å². The van der Waals surface area contributed by atoms with Gasteiger partial charge in [-0.3, -0.25) is 0 Å². The molecular weight excluding hydrogens is 356 g/mol. The Hall–Kier alpha value is -2.45. The molecule has 1 aliphatic carbocycles. The molecule has 1 N–H and O–H groups in total. The molecule has 2 aromatic carbocycles. The van der Waals surface area contributed by atoms with Gasteiger partial charge in [-0.2, -0.15) is 0 Å². The maximum absolute atomic E-state index is 12.4. The van der Waals surface area contributed by atoms with E-state index in [1.165, 1.54) is 22.3 Å². The Morgan fingerprint density at radius 3 is 2.30 bits per heavy atom. The second-order valence-corrected chi connectivity index (χ2v) is 7.44. The first-order chi connectivity index (χ1) is 13.1. The van der Waals surface area contributed by atoms with E-state index >= 15 is 0 Å². The van der Waals surface area contributed by atoms with Crippen molar-refractivity contribution in [3.05, 3.63) is 64.5 Å². The zero-order chi connectivity index (χ0) is 19.2. The first-order valence-corrected chi connectivity index (χ1v) is 9.72. The summed E-state index contributed by atoms with van der Waals surface area (Å²) < 4.78 is 5.60. The maximum atomic E-state index is 12.4. The highest BCUT2D eigenvalue weighted by molar-refractivity contribution is 7.85. The summed E-state index contributed by atoms with van der Waals surface area (Å²) in [5.74, 6) is 0.509. The third-order valence-electron chi connectivity index (χ3n) is 4.80. The van der Waals surface area contributed by atoms with Crippen molar-refractivity contribution in [2.24, 2.45) is 5.92 Å². The number of amides is 1. The Morgan fingerprint density at radius 1 is 1.15 bits per heavy atom. The van der Waals surface area contributed by atoms with E-state index in [2.05, 4.69) is 66.3 Å². The largest absolute Gasteiger partial charge is 0.449 e. The molecule has 0 fully saturated rings. The van der Waals surface area contributed by atoms with Crippen LogP contribution in [0.2, 0.25) is 0 Å². The van der Waals surface area contributed by atoms with Crippen LogP contribution in [0.15, 0.2) is 48.5 Å². The van der Waals surface area contributed by atoms with Crippen molar-refractivity contribution in [3.63, 3.8) is 0 Å². The highest BCUT2D eigenvalue weighted by Crippen LogP contribution is 2.44. The molecule has 0 unspecified atom stereocenters. The number of carbonyl (C=O) groups is 1. The molecule has 0 radical (unpaired) electrons.